The van der Waals surface area contributed by atoms with Crippen LogP contribution in [0.3, 0.4) is 0 Å². The Kier molecular flexibility index (Phi) is 7.31. The first-order valence-electron chi connectivity index (χ1n) is 19.0. The number of hydrogen-bond donors (Lipinski definition) is 0. The lowest BCUT2D eigenvalue weighted by Crippen LogP contribution is -2.17. The third-order valence-electron chi connectivity index (χ3n) is 11.3. The fourth-order valence-corrected chi connectivity index (χ4v) is 8.56. The van der Waals surface area contributed by atoms with E-state index >= 15 is 0 Å². The number of allylic oxidation sites excluding steroid dienone is 3. The fourth-order valence-electron chi connectivity index (χ4n) is 8.56. The molecule has 1 unspecified atom stereocenters. The minimum atomic E-state index is 0.360. The summed E-state index contributed by atoms with van der Waals surface area (Å²) in [5.41, 5.74) is 12.5. The van der Waals surface area contributed by atoms with Gasteiger partial charge in [-0.05, 0) is 107 Å². The standard InChI is InChI=1S/C52H36N2O/c1-2-10-35(11-3-1)36-18-24-41(25-19-36)53(44-30-31-52-48(34-44)46-15-7-9-17-51(46)55-52)42-26-20-37(21-27-42)38-22-28-43(29-23-38)54-49-16-8-6-14-45(49)47-32-39-12-4-5-13-40(39)33-50(47)54/h1-18,20-34,36H,19H2. The predicted octanol–water partition coefficient (Wildman–Crippen LogP) is 14.3. The molecule has 3 nitrogen and oxygen atoms in total. The Labute approximate surface area is 319 Å². The van der Waals surface area contributed by atoms with Gasteiger partial charge >= 0.3 is 0 Å². The average Bonchev–Trinajstić information content (AvgIpc) is 3.79. The van der Waals surface area contributed by atoms with E-state index in [0.29, 0.717) is 5.92 Å². The van der Waals surface area contributed by atoms with Crippen LogP contribution in [0.25, 0.3) is 71.3 Å². The van der Waals surface area contributed by atoms with Crippen molar-refractivity contribution in [2.24, 2.45) is 0 Å². The van der Waals surface area contributed by atoms with Gasteiger partial charge in [-0.2, -0.15) is 0 Å². The summed E-state index contributed by atoms with van der Waals surface area (Å²) in [7, 11) is 0. The molecule has 2 aromatic heterocycles. The van der Waals surface area contributed by atoms with Crippen molar-refractivity contribution in [3.63, 3.8) is 0 Å². The van der Waals surface area contributed by atoms with Crippen molar-refractivity contribution in [1.82, 2.24) is 4.57 Å². The van der Waals surface area contributed by atoms with Gasteiger partial charge in [0.25, 0.3) is 0 Å². The van der Waals surface area contributed by atoms with E-state index in [-0.39, 0.29) is 0 Å². The van der Waals surface area contributed by atoms with Gasteiger partial charge in [-0.3, -0.25) is 0 Å². The van der Waals surface area contributed by atoms with Crippen molar-refractivity contribution in [3.05, 3.63) is 211 Å². The molecule has 0 fully saturated rings. The molecule has 0 spiro atoms. The Morgan fingerprint density at radius 1 is 0.491 bits per heavy atom. The summed E-state index contributed by atoms with van der Waals surface area (Å²) in [6, 6.07) is 65.6. The zero-order valence-electron chi connectivity index (χ0n) is 30.1. The zero-order valence-corrected chi connectivity index (χ0v) is 30.1. The quantitative estimate of drug-likeness (QED) is 0.172. The molecule has 0 N–H and O–H groups in total. The summed E-state index contributed by atoms with van der Waals surface area (Å²) < 4.78 is 8.61. The number of rotatable bonds is 6. The van der Waals surface area contributed by atoms with Crippen LogP contribution in [0.2, 0.25) is 0 Å². The predicted molar refractivity (Wildman–Crippen MR) is 231 cm³/mol. The molecule has 1 aliphatic rings. The molecule has 55 heavy (non-hydrogen) atoms. The third-order valence-corrected chi connectivity index (χ3v) is 11.3. The van der Waals surface area contributed by atoms with Crippen LogP contribution in [0, 0.1) is 0 Å². The molecule has 0 saturated heterocycles. The van der Waals surface area contributed by atoms with Gasteiger partial charge in [-0.15, -0.1) is 0 Å². The van der Waals surface area contributed by atoms with Crippen molar-refractivity contribution in [2.75, 3.05) is 4.90 Å². The topological polar surface area (TPSA) is 21.3 Å². The lowest BCUT2D eigenvalue weighted by Gasteiger charge is -2.29. The van der Waals surface area contributed by atoms with Crippen LogP contribution in [0.15, 0.2) is 210 Å². The van der Waals surface area contributed by atoms with Gasteiger partial charge in [0.15, 0.2) is 0 Å². The summed E-state index contributed by atoms with van der Waals surface area (Å²) in [5, 5.41) is 7.30. The highest BCUT2D eigenvalue weighted by Gasteiger charge is 2.20. The minimum absolute atomic E-state index is 0.360. The fraction of sp³-hybridized carbons (Fsp3) is 0.0385. The number of hydrogen-bond acceptors (Lipinski definition) is 2. The Morgan fingerprint density at radius 2 is 1.15 bits per heavy atom. The van der Waals surface area contributed by atoms with Crippen LogP contribution in [-0.2, 0) is 0 Å². The largest absolute Gasteiger partial charge is 0.456 e. The van der Waals surface area contributed by atoms with Gasteiger partial charge in [0.05, 0.1) is 11.0 Å². The third kappa shape index (κ3) is 5.35. The van der Waals surface area contributed by atoms with E-state index in [1.807, 2.05) is 12.1 Å². The molecule has 0 saturated carbocycles. The minimum Gasteiger partial charge on any atom is -0.456 e. The number of benzene rings is 8. The van der Waals surface area contributed by atoms with Gasteiger partial charge in [0, 0.05) is 50.2 Å². The number of nitrogens with zero attached hydrogens (tertiary/aromatic N) is 2. The van der Waals surface area contributed by atoms with E-state index < -0.39 is 0 Å². The Hall–Kier alpha value is -7.10. The number of furan rings is 1. The summed E-state index contributed by atoms with van der Waals surface area (Å²) in [5.74, 6) is 0.360. The second kappa shape index (κ2) is 12.8. The maximum Gasteiger partial charge on any atom is 0.135 e. The lowest BCUT2D eigenvalue weighted by molar-refractivity contribution is 0.669. The smallest absolute Gasteiger partial charge is 0.135 e. The summed E-state index contributed by atoms with van der Waals surface area (Å²) in [6.45, 7) is 0. The molecule has 0 aliphatic heterocycles. The molecular formula is C52H36N2O. The van der Waals surface area contributed by atoms with Gasteiger partial charge in [0.2, 0.25) is 0 Å². The van der Waals surface area contributed by atoms with Gasteiger partial charge in [0.1, 0.15) is 11.2 Å². The van der Waals surface area contributed by atoms with Crippen LogP contribution >= 0.6 is 0 Å². The van der Waals surface area contributed by atoms with Gasteiger partial charge in [-0.25, -0.2) is 0 Å². The highest BCUT2D eigenvalue weighted by molar-refractivity contribution is 6.13. The monoisotopic (exact) mass is 704 g/mol. The molecule has 0 bridgehead atoms. The second-order valence-electron chi connectivity index (χ2n) is 14.5. The van der Waals surface area contributed by atoms with Crippen molar-refractivity contribution < 1.29 is 4.42 Å². The number of fused-ring (bicyclic) bond motifs is 7. The van der Waals surface area contributed by atoms with Crippen LogP contribution in [0.1, 0.15) is 17.9 Å². The summed E-state index contributed by atoms with van der Waals surface area (Å²) in [6.07, 6.45) is 7.94. The van der Waals surface area contributed by atoms with Gasteiger partial charge < -0.3 is 13.9 Å². The molecule has 260 valence electrons. The lowest BCUT2D eigenvalue weighted by atomic mass is 9.91. The summed E-state index contributed by atoms with van der Waals surface area (Å²) >= 11 is 0. The molecule has 3 heteroatoms. The van der Waals surface area contributed by atoms with Crippen molar-refractivity contribution in [3.8, 4) is 16.8 Å². The molecular weight excluding hydrogens is 669 g/mol. The SMILES string of the molecule is C1=CC(c2ccccc2)CC=C1N(c1ccc(-c2ccc(-n3c4ccccc4c4cc5ccccc5cc43)cc2)cc1)c1ccc2oc3ccccc3c2c1. The van der Waals surface area contributed by atoms with E-state index in [1.165, 1.54) is 49.3 Å². The molecule has 10 aromatic rings. The van der Waals surface area contributed by atoms with E-state index in [1.54, 1.807) is 0 Å². The summed E-state index contributed by atoms with van der Waals surface area (Å²) in [4.78, 5) is 2.37. The normalized spacial score (nSPS) is 14.3. The molecule has 11 rings (SSSR count). The molecule has 0 radical (unpaired) electrons. The van der Waals surface area contributed by atoms with Crippen molar-refractivity contribution in [1.29, 1.82) is 0 Å². The van der Waals surface area contributed by atoms with Gasteiger partial charge in [-0.1, -0.05) is 127 Å². The number of aromatic nitrogens is 1. The Bertz CT molecular complexity index is 3110. The Balaban J connectivity index is 0.957. The average molecular weight is 705 g/mol. The molecule has 8 aromatic carbocycles. The van der Waals surface area contributed by atoms with Crippen LogP contribution in [-0.4, -0.2) is 4.57 Å². The number of para-hydroxylation sites is 2. The first kappa shape index (κ1) is 31.4. The molecule has 1 atom stereocenters. The van der Waals surface area contributed by atoms with Crippen molar-refractivity contribution >= 4 is 65.9 Å². The first-order chi connectivity index (χ1) is 27.2. The van der Waals surface area contributed by atoms with E-state index in [9.17, 15) is 0 Å². The second-order valence-corrected chi connectivity index (χ2v) is 14.5. The molecule has 1 aliphatic carbocycles. The molecule has 0 amide bonds. The maximum absolute atomic E-state index is 6.21. The Morgan fingerprint density at radius 3 is 1.93 bits per heavy atom. The van der Waals surface area contributed by atoms with E-state index in [2.05, 4.69) is 198 Å². The number of anilines is 2. The maximum atomic E-state index is 6.21. The van der Waals surface area contributed by atoms with E-state index in [0.717, 1.165) is 51.1 Å². The first-order valence-corrected chi connectivity index (χ1v) is 19.0. The van der Waals surface area contributed by atoms with Crippen molar-refractivity contribution in [2.45, 2.75) is 12.3 Å². The van der Waals surface area contributed by atoms with Crippen LogP contribution in [0.5, 0.6) is 0 Å². The van der Waals surface area contributed by atoms with Crippen LogP contribution in [0.4, 0.5) is 11.4 Å². The van der Waals surface area contributed by atoms with Crippen LogP contribution < -0.4 is 4.90 Å². The zero-order chi connectivity index (χ0) is 36.3. The highest BCUT2D eigenvalue weighted by atomic mass is 16.3. The molecule has 2 heterocycles. The highest BCUT2D eigenvalue weighted by Crippen LogP contribution is 2.40. The van der Waals surface area contributed by atoms with E-state index in [4.69, 9.17) is 4.42 Å².